The van der Waals surface area contributed by atoms with Crippen LogP contribution in [0.2, 0.25) is 0 Å². The maximum absolute atomic E-state index is 3.53. The largest absolute Gasteiger partial charge is 0.312 e. The van der Waals surface area contributed by atoms with Crippen LogP contribution in [0.5, 0.6) is 0 Å². The lowest BCUT2D eigenvalue weighted by molar-refractivity contribution is 0.172. The van der Waals surface area contributed by atoms with Crippen molar-refractivity contribution in [1.82, 2.24) is 10.2 Å². The third-order valence-corrected chi connectivity index (χ3v) is 2.97. The van der Waals surface area contributed by atoms with E-state index in [1.54, 1.807) is 0 Å². The standard InChI is InChI=1S/C14H32N2/c1-13(2,3)15-11-9-8-10-12-16(7)14(4,5)6/h15H,8-12H2,1-7H3. The van der Waals surface area contributed by atoms with Gasteiger partial charge in [-0.05, 0) is 74.5 Å². The normalized spacial score (nSPS) is 13.5. The van der Waals surface area contributed by atoms with Crippen molar-refractivity contribution in [1.29, 1.82) is 0 Å². The molecule has 0 aliphatic rings. The molecule has 0 unspecified atom stereocenters. The van der Waals surface area contributed by atoms with Gasteiger partial charge in [-0.3, -0.25) is 0 Å². The Balaban J connectivity index is 3.41. The first-order valence-corrected chi connectivity index (χ1v) is 6.59. The molecule has 98 valence electrons. The molecule has 0 amide bonds. The van der Waals surface area contributed by atoms with E-state index in [9.17, 15) is 0 Å². The van der Waals surface area contributed by atoms with Gasteiger partial charge in [0, 0.05) is 11.1 Å². The first-order valence-electron chi connectivity index (χ1n) is 6.59. The molecule has 0 atom stereocenters. The smallest absolute Gasteiger partial charge is 0.0122 e. The molecule has 0 aromatic heterocycles. The summed E-state index contributed by atoms with van der Waals surface area (Å²) >= 11 is 0. The van der Waals surface area contributed by atoms with Crippen LogP contribution in [0.1, 0.15) is 60.8 Å². The van der Waals surface area contributed by atoms with Gasteiger partial charge in [-0.1, -0.05) is 6.42 Å². The lowest BCUT2D eigenvalue weighted by Crippen LogP contribution is -2.38. The molecular formula is C14H32N2. The number of hydrogen-bond acceptors (Lipinski definition) is 2. The summed E-state index contributed by atoms with van der Waals surface area (Å²) < 4.78 is 0. The van der Waals surface area contributed by atoms with Crippen molar-refractivity contribution in [2.45, 2.75) is 71.9 Å². The highest BCUT2D eigenvalue weighted by Gasteiger charge is 2.15. The molecule has 0 radical (unpaired) electrons. The maximum Gasteiger partial charge on any atom is 0.0122 e. The molecule has 0 aromatic carbocycles. The number of hydrogen-bond donors (Lipinski definition) is 1. The molecule has 0 saturated carbocycles. The van der Waals surface area contributed by atoms with E-state index in [2.05, 4.69) is 58.8 Å². The van der Waals surface area contributed by atoms with E-state index in [1.165, 1.54) is 25.8 Å². The van der Waals surface area contributed by atoms with Gasteiger partial charge in [-0.15, -0.1) is 0 Å². The van der Waals surface area contributed by atoms with E-state index in [4.69, 9.17) is 0 Å². The molecule has 2 nitrogen and oxygen atoms in total. The monoisotopic (exact) mass is 228 g/mol. The van der Waals surface area contributed by atoms with Gasteiger partial charge >= 0.3 is 0 Å². The topological polar surface area (TPSA) is 15.3 Å². The van der Waals surface area contributed by atoms with Crippen LogP contribution in [-0.4, -0.2) is 36.1 Å². The predicted molar refractivity (Wildman–Crippen MR) is 74.0 cm³/mol. The highest BCUT2D eigenvalue weighted by atomic mass is 15.1. The Kier molecular flexibility index (Phi) is 6.57. The second-order valence-corrected chi connectivity index (χ2v) is 6.83. The molecule has 0 saturated heterocycles. The van der Waals surface area contributed by atoms with Gasteiger partial charge < -0.3 is 10.2 Å². The summed E-state index contributed by atoms with van der Waals surface area (Å²) in [6, 6.07) is 0. The third-order valence-electron chi connectivity index (χ3n) is 2.97. The fourth-order valence-corrected chi connectivity index (χ4v) is 1.45. The van der Waals surface area contributed by atoms with E-state index >= 15 is 0 Å². The molecular weight excluding hydrogens is 196 g/mol. The van der Waals surface area contributed by atoms with E-state index in [0.717, 1.165) is 6.54 Å². The summed E-state index contributed by atoms with van der Waals surface area (Å²) in [5, 5.41) is 3.53. The zero-order valence-electron chi connectivity index (χ0n) is 12.5. The third kappa shape index (κ3) is 9.17. The minimum atomic E-state index is 0.266. The van der Waals surface area contributed by atoms with Gasteiger partial charge in [0.2, 0.25) is 0 Å². The maximum atomic E-state index is 3.53. The van der Waals surface area contributed by atoms with Crippen molar-refractivity contribution in [3.63, 3.8) is 0 Å². The molecule has 0 aromatic rings. The average molecular weight is 228 g/mol. The molecule has 0 heterocycles. The zero-order chi connectivity index (χ0) is 12.8. The molecule has 1 N–H and O–H groups in total. The minimum Gasteiger partial charge on any atom is -0.312 e. The summed E-state index contributed by atoms with van der Waals surface area (Å²) in [6.07, 6.45) is 3.92. The quantitative estimate of drug-likeness (QED) is 0.702. The van der Waals surface area contributed by atoms with Crippen LogP contribution in [0.25, 0.3) is 0 Å². The fourth-order valence-electron chi connectivity index (χ4n) is 1.45. The van der Waals surface area contributed by atoms with E-state index in [1.807, 2.05) is 0 Å². The molecule has 16 heavy (non-hydrogen) atoms. The van der Waals surface area contributed by atoms with Crippen LogP contribution in [-0.2, 0) is 0 Å². The lowest BCUT2D eigenvalue weighted by Gasteiger charge is -2.31. The van der Waals surface area contributed by atoms with Gasteiger partial charge in [-0.2, -0.15) is 0 Å². The van der Waals surface area contributed by atoms with Gasteiger partial charge in [0.1, 0.15) is 0 Å². The Morgan fingerprint density at radius 1 is 0.875 bits per heavy atom. The van der Waals surface area contributed by atoms with Crippen LogP contribution >= 0.6 is 0 Å². The minimum absolute atomic E-state index is 0.266. The van der Waals surface area contributed by atoms with Crippen LogP contribution in [0.4, 0.5) is 0 Å². The highest BCUT2D eigenvalue weighted by Crippen LogP contribution is 2.11. The molecule has 0 fully saturated rings. The van der Waals surface area contributed by atoms with Crippen LogP contribution in [0, 0.1) is 0 Å². The highest BCUT2D eigenvalue weighted by molar-refractivity contribution is 4.73. The summed E-state index contributed by atoms with van der Waals surface area (Å²) in [7, 11) is 2.22. The SMILES string of the molecule is CN(CCCCCNC(C)(C)C)C(C)(C)C. The van der Waals surface area contributed by atoms with Gasteiger partial charge in [0.15, 0.2) is 0 Å². The van der Waals surface area contributed by atoms with Gasteiger partial charge in [0.05, 0.1) is 0 Å². The summed E-state index contributed by atoms with van der Waals surface area (Å²) in [5.74, 6) is 0. The molecule has 2 heteroatoms. The van der Waals surface area contributed by atoms with E-state index in [-0.39, 0.29) is 5.54 Å². The van der Waals surface area contributed by atoms with Crippen LogP contribution < -0.4 is 5.32 Å². The van der Waals surface area contributed by atoms with Gasteiger partial charge in [-0.25, -0.2) is 0 Å². The van der Waals surface area contributed by atoms with Crippen molar-refractivity contribution < 1.29 is 0 Å². The Morgan fingerprint density at radius 3 is 1.88 bits per heavy atom. The van der Waals surface area contributed by atoms with E-state index in [0.29, 0.717) is 5.54 Å². The number of unbranched alkanes of at least 4 members (excludes halogenated alkanes) is 2. The summed E-state index contributed by atoms with van der Waals surface area (Å²) in [4.78, 5) is 2.43. The van der Waals surface area contributed by atoms with Crippen molar-refractivity contribution in [3.05, 3.63) is 0 Å². The Bertz CT molecular complexity index is 174. The summed E-state index contributed by atoms with van der Waals surface area (Å²) in [5.41, 5.74) is 0.575. The number of rotatable bonds is 6. The first kappa shape index (κ1) is 15.9. The molecule has 0 spiro atoms. The lowest BCUT2D eigenvalue weighted by atomic mass is 10.1. The van der Waals surface area contributed by atoms with Crippen molar-refractivity contribution in [2.24, 2.45) is 0 Å². The van der Waals surface area contributed by atoms with E-state index < -0.39 is 0 Å². The van der Waals surface area contributed by atoms with Crippen molar-refractivity contribution in [2.75, 3.05) is 20.1 Å². The zero-order valence-corrected chi connectivity index (χ0v) is 12.5. The van der Waals surface area contributed by atoms with Crippen molar-refractivity contribution >= 4 is 0 Å². The second kappa shape index (κ2) is 6.61. The fraction of sp³-hybridized carbons (Fsp3) is 1.00. The Morgan fingerprint density at radius 2 is 1.44 bits per heavy atom. The second-order valence-electron chi connectivity index (χ2n) is 6.83. The summed E-state index contributed by atoms with van der Waals surface area (Å²) in [6.45, 7) is 15.8. The number of nitrogens with zero attached hydrogens (tertiary/aromatic N) is 1. The predicted octanol–water partition coefficient (Wildman–Crippen LogP) is 3.28. The molecule has 0 rings (SSSR count). The molecule has 0 aliphatic carbocycles. The van der Waals surface area contributed by atoms with Gasteiger partial charge in [0.25, 0.3) is 0 Å². The molecule has 0 aliphatic heterocycles. The van der Waals surface area contributed by atoms with Crippen LogP contribution in [0.3, 0.4) is 0 Å². The van der Waals surface area contributed by atoms with Crippen LogP contribution in [0.15, 0.2) is 0 Å². The first-order chi connectivity index (χ1) is 7.13. The number of nitrogens with one attached hydrogen (secondary N) is 1. The Hall–Kier alpha value is -0.0800. The average Bonchev–Trinajstić information content (AvgIpc) is 2.07. The molecule has 0 bridgehead atoms. The van der Waals surface area contributed by atoms with Crippen molar-refractivity contribution in [3.8, 4) is 0 Å². The Labute approximate surface area is 103 Å².